The van der Waals surface area contributed by atoms with Gasteiger partial charge in [0.05, 0.1) is 25.0 Å². The van der Waals surface area contributed by atoms with Crippen LogP contribution in [0.1, 0.15) is 28.4 Å². The summed E-state index contributed by atoms with van der Waals surface area (Å²) >= 11 is 1.56. The molecule has 3 aromatic carbocycles. The summed E-state index contributed by atoms with van der Waals surface area (Å²) in [6.07, 6.45) is 4.12. The molecule has 3 rings (SSSR count). The van der Waals surface area contributed by atoms with Gasteiger partial charge in [-0.05, 0) is 66.3 Å². The fourth-order valence-corrected chi connectivity index (χ4v) is 4.68. The topological polar surface area (TPSA) is 75.7 Å². The normalized spacial score (nSPS) is 11.1. The first-order valence-corrected chi connectivity index (χ1v) is 14.1. The minimum absolute atomic E-state index is 0.184. The highest BCUT2D eigenvalue weighted by molar-refractivity contribution is 7.98. The maximum absolute atomic E-state index is 12.4. The molecule has 0 atom stereocenters. The fraction of sp³-hybridized carbons (Fsp3) is 0.269. The summed E-state index contributed by atoms with van der Waals surface area (Å²) in [5, 5.41) is 2.84. The third kappa shape index (κ3) is 7.27. The molecule has 0 aliphatic carbocycles. The van der Waals surface area contributed by atoms with Crippen molar-refractivity contribution in [2.24, 2.45) is 0 Å². The molecule has 0 bridgehead atoms. The Bertz CT molecular complexity index is 1190. The molecule has 0 fully saturated rings. The van der Waals surface area contributed by atoms with E-state index in [-0.39, 0.29) is 12.5 Å². The number of rotatable bonds is 11. The van der Waals surface area contributed by atoms with Crippen LogP contribution in [0.15, 0.2) is 77.7 Å². The number of anilines is 1. The van der Waals surface area contributed by atoms with Crippen molar-refractivity contribution < 1.29 is 17.9 Å². The van der Waals surface area contributed by atoms with Gasteiger partial charge < -0.3 is 10.1 Å². The monoisotopic (exact) mass is 498 g/mol. The van der Waals surface area contributed by atoms with Gasteiger partial charge in [0, 0.05) is 10.5 Å². The van der Waals surface area contributed by atoms with Crippen molar-refractivity contribution in [1.82, 2.24) is 5.32 Å². The molecule has 1 amide bonds. The van der Waals surface area contributed by atoms with Gasteiger partial charge in [-0.1, -0.05) is 37.3 Å². The number of nitrogens with zero attached hydrogens (tertiary/aromatic N) is 1. The number of amides is 1. The lowest BCUT2D eigenvalue weighted by atomic mass is 10.1. The summed E-state index contributed by atoms with van der Waals surface area (Å²) in [5.74, 6) is 0.568. The summed E-state index contributed by atoms with van der Waals surface area (Å²) in [6, 6.07) is 22.3. The number of carbonyl (C=O) groups is 1. The number of carbonyl (C=O) groups excluding carboxylic acids is 1. The van der Waals surface area contributed by atoms with Crippen LogP contribution in [0, 0.1) is 0 Å². The fourth-order valence-electron chi connectivity index (χ4n) is 3.35. The number of sulfonamides is 1. The largest absolute Gasteiger partial charge is 0.492 e. The summed E-state index contributed by atoms with van der Waals surface area (Å²) in [6.45, 7) is 3.03. The minimum Gasteiger partial charge on any atom is -0.492 e. The number of benzene rings is 3. The molecule has 3 aromatic rings. The third-order valence-electron chi connectivity index (χ3n) is 5.27. The number of hydrogen-bond acceptors (Lipinski definition) is 5. The average Bonchev–Trinajstić information content (AvgIpc) is 2.85. The van der Waals surface area contributed by atoms with Crippen molar-refractivity contribution >= 4 is 33.4 Å². The van der Waals surface area contributed by atoms with Crippen LogP contribution >= 0.6 is 11.8 Å². The molecule has 180 valence electrons. The minimum atomic E-state index is -3.48. The van der Waals surface area contributed by atoms with Crippen LogP contribution in [0.2, 0.25) is 0 Å². The Kier molecular flexibility index (Phi) is 9.01. The number of hydrogen-bond donors (Lipinski definition) is 1. The van der Waals surface area contributed by atoms with E-state index in [2.05, 4.69) is 12.2 Å². The van der Waals surface area contributed by atoms with Gasteiger partial charge >= 0.3 is 0 Å². The zero-order chi connectivity index (χ0) is 24.6. The van der Waals surface area contributed by atoms with Gasteiger partial charge in [-0.25, -0.2) is 8.42 Å². The van der Waals surface area contributed by atoms with E-state index in [9.17, 15) is 13.2 Å². The Hall–Kier alpha value is -2.97. The van der Waals surface area contributed by atoms with Gasteiger partial charge in [0.25, 0.3) is 5.91 Å². The highest BCUT2D eigenvalue weighted by Crippen LogP contribution is 2.25. The summed E-state index contributed by atoms with van der Waals surface area (Å²) in [7, 11) is -3.48. The number of aryl methyl sites for hydroxylation is 1. The van der Waals surface area contributed by atoms with Gasteiger partial charge in [-0.2, -0.15) is 0 Å². The molecule has 6 nitrogen and oxygen atoms in total. The second-order valence-corrected chi connectivity index (χ2v) is 10.6. The maximum Gasteiger partial charge on any atom is 0.251 e. The van der Waals surface area contributed by atoms with Gasteiger partial charge in [-0.15, -0.1) is 11.8 Å². The predicted molar refractivity (Wildman–Crippen MR) is 139 cm³/mol. The second-order valence-electron chi connectivity index (χ2n) is 7.77. The molecule has 0 aliphatic rings. The van der Waals surface area contributed by atoms with Crippen molar-refractivity contribution in [3.8, 4) is 5.75 Å². The Morgan fingerprint density at radius 3 is 2.29 bits per heavy atom. The molecule has 1 N–H and O–H groups in total. The predicted octanol–water partition coefficient (Wildman–Crippen LogP) is 4.75. The van der Waals surface area contributed by atoms with Crippen molar-refractivity contribution in [2.75, 3.05) is 30.0 Å². The van der Waals surface area contributed by atoms with E-state index in [0.717, 1.165) is 22.6 Å². The molecule has 34 heavy (non-hydrogen) atoms. The smallest absolute Gasteiger partial charge is 0.251 e. The Balaban J connectivity index is 1.56. The highest BCUT2D eigenvalue weighted by atomic mass is 32.2. The summed E-state index contributed by atoms with van der Waals surface area (Å²) in [5.41, 5.74) is 3.15. The number of thioether (sulfide) groups is 1. The molecule has 0 heterocycles. The first-order chi connectivity index (χ1) is 16.3. The molecule has 0 unspecified atom stereocenters. The van der Waals surface area contributed by atoms with Gasteiger partial charge in [0.1, 0.15) is 12.4 Å². The first-order valence-electron chi connectivity index (χ1n) is 11.0. The molecular weight excluding hydrogens is 468 g/mol. The van der Waals surface area contributed by atoms with Crippen molar-refractivity contribution in [3.05, 3.63) is 89.5 Å². The van der Waals surface area contributed by atoms with Gasteiger partial charge in [-0.3, -0.25) is 9.10 Å². The van der Waals surface area contributed by atoms with Crippen LogP contribution in [0.4, 0.5) is 5.69 Å². The van der Waals surface area contributed by atoms with Gasteiger partial charge in [0.15, 0.2) is 0 Å². The molecule has 0 radical (unpaired) electrons. The van der Waals surface area contributed by atoms with Crippen LogP contribution in [-0.4, -0.2) is 40.0 Å². The van der Waals surface area contributed by atoms with Crippen LogP contribution in [-0.2, 0) is 23.0 Å². The third-order valence-corrected chi connectivity index (χ3v) is 7.14. The van der Waals surface area contributed by atoms with Crippen molar-refractivity contribution in [1.29, 1.82) is 0 Å². The lowest BCUT2D eigenvalue weighted by Crippen LogP contribution is -2.29. The van der Waals surface area contributed by atoms with E-state index in [1.54, 1.807) is 42.1 Å². The molecule has 0 spiro atoms. The molecule has 0 saturated heterocycles. The van der Waals surface area contributed by atoms with Crippen LogP contribution in [0.25, 0.3) is 0 Å². The van der Waals surface area contributed by atoms with E-state index >= 15 is 0 Å². The van der Waals surface area contributed by atoms with Crippen LogP contribution < -0.4 is 14.4 Å². The van der Waals surface area contributed by atoms with E-state index in [1.807, 2.05) is 48.7 Å². The van der Waals surface area contributed by atoms with E-state index < -0.39 is 10.0 Å². The average molecular weight is 499 g/mol. The highest BCUT2D eigenvalue weighted by Gasteiger charge is 2.18. The lowest BCUT2D eigenvalue weighted by molar-refractivity contribution is 0.0947. The second kappa shape index (κ2) is 11.9. The Labute approximate surface area is 206 Å². The van der Waals surface area contributed by atoms with E-state index in [4.69, 9.17) is 4.74 Å². The van der Waals surface area contributed by atoms with E-state index in [0.29, 0.717) is 24.4 Å². The molecule has 0 saturated carbocycles. The number of ether oxygens (including phenoxy) is 1. The lowest BCUT2D eigenvalue weighted by Gasteiger charge is -2.23. The zero-order valence-corrected chi connectivity index (χ0v) is 21.3. The summed E-state index contributed by atoms with van der Waals surface area (Å²) < 4.78 is 31.9. The Morgan fingerprint density at radius 2 is 1.68 bits per heavy atom. The maximum atomic E-state index is 12.4. The van der Waals surface area contributed by atoms with Gasteiger partial charge in [0.2, 0.25) is 10.0 Å². The van der Waals surface area contributed by atoms with Crippen LogP contribution in [0.3, 0.4) is 0 Å². The number of nitrogens with one attached hydrogen (secondary N) is 1. The molecule has 0 aliphatic heterocycles. The van der Waals surface area contributed by atoms with Crippen molar-refractivity contribution in [3.63, 3.8) is 0 Å². The first kappa shape index (κ1) is 25.6. The SMILES string of the molecule is CCc1ccc(OCCNC(=O)c2ccc(CN(c3cccc(SC)c3)S(C)(=O)=O)cc2)cc1. The Morgan fingerprint density at radius 1 is 1.00 bits per heavy atom. The van der Waals surface area contributed by atoms with Crippen molar-refractivity contribution in [2.45, 2.75) is 24.8 Å². The van der Waals surface area contributed by atoms with Crippen LogP contribution in [0.5, 0.6) is 5.75 Å². The molecule has 8 heteroatoms. The zero-order valence-electron chi connectivity index (χ0n) is 19.7. The molecular formula is C26H30N2O4S2. The summed E-state index contributed by atoms with van der Waals surface area (Å²) in [4.78, 5) is 13.4. The quantitative estimate of drug-likeness (QED) is 0.305. The van der Waals surface area contributed by atoms with E-state index in [1.165, 1.54) is 16.1 Å². The molecule has 0 aromatic heterocycles. The standard InChI is InChI=1S/C26H30N2O4S2/c1-4-20-10-14-24(15-11-20)32-17-16-27-26(29)22-12-8-21(9-13-22)19-28(34(3,30)31)23-6-5-7-25(18-23)33-2/h5-15,18H,4,16-17,19H2,1-3H3,(H,27,29).